The van der Waals surface area contributed by atoms with Crippen LogP contribution in [-0.2, 0) is 14.3 Å². The molecule has 0 heterocycles. The van der Waals surface area contributed by atoms with Crippen molar-refractivity contribution in [2.75, 3.05) is 26.9 Å². The lowest BCUT2D eigenvalue weighted by molar-refractivity contribution is -0.139. The van der Waals surface area contributed by atoms with Gasteiger partial charge in [0.05, 0.1) is 19.4 Å². The number of hydrogen-bond acceptors (Lipinski definition) is 5. The van der Waals surface area contributed by atoms with E-state index in [1.54, 1.807) is 12.1 Å². The van der Waals surface area contributed by atoms with Crippen molar-refractivity contribution >= 4 is 18.0 Å². The third-order valence-corrected chi connectivity index (χ3v) is 2.53. The fourth-order valence-electron chi connectivity index (χ4n) is 1.43. The largest absolute Gasteiger partial charge is 0.494 e. The number of amides is 2. The molecule has 0 aliphatic rings. The van der Waals surface area contributed by atoms with Gasteiger partial charge in [0.2, 0.25) is 0 Å². The Morgan fingerprint density at radius 3 is 2.55 bits per heavy atom. The molecule has 0 unspecified atom stereocenters. The van der Waals surface area contributed by atoms with Crippen LogP contribution in [0.3, 0.4) is 0 Å². The van der Waals surface area contributed by atoms with Crippen molar-refractivity contribution in [1.82, 2.24) is 10.7 Å². The number of ether oxygens (including phenoxy) is 2. The van der Waals surface area contributed by atoms with Crippen molar-refractivity contribution in [3.63, 3.8) is 0 Å². The Labute approximate surface area is 129 Å². The molecule has 1 aromatic rings. The number of carbonyl (C=O) groups is 2. The van der Waals surface area contributed by atoms with Crippen LogP contribution in [-0.4, -0.2) is 44.9 Å². The van der Waals surface area contributed by atoms with Gasteiger partial charge < -0.3 is 14.8 Å². The van der Waals surface area contributed by atoms with Crippen LogP contribution in [0.25, 0.3) is 0 Å². The molecule has 0 spiro atoms. The summed E-state index contributed by atoms with van der Waals surface area (Å²) in [4.78, 5) is 22.7. The molecule has 2 N–H and O–H groups in total. The number of hydrazone groups is 1. The summed E-state index contributed by atoms with van der Waals surface area (Å²) in [5.74, 6) is -0.798. The monoisotopic (exact) mass is 307 g/mol. The molecular weight excluding hydrogens is 286 g/mol. The minimum atomic E-state index is -0.824. The zero-order chi connectivity index (χ0) is 16.2. The Bertz CT molecular complexity index is 500. The van der Waals surface area contributed by atoms with Gasteiger partial charge in [0.1, 0.15) is 5.75 Å². The van der Waals surface area contributed by atoms with E-state index in [2.05, 4.69) is 15.8 Å². The molecule has 120 valence electrons. The van der Waals surface area contributed by atoms with Gasteiger partial charge in [-0.25, -0.2) is 5.43 Å². The van der Waals surface area contributed by atoms with Crippen LogP contribution in [0.4, 0.5) is 0 Å². The molecule has 2 amide bonds. The van der Waals surface area contributed by atoms with Gasteiger partial charge in [-0.15, -0.1) is 0 Å². The molecule has 0 bridgehead atoms. The first kappa shape index (κ1) is 17.6. The second kappa shape index (κ2) is 10.3. The third-order valence-electron chi connectivity index (χ3n) is 2.53. The Balaban J connectivity index is 2.38. The van der Waals surface area contributed by atoms with Crippen molar-refractivity contribution < 1.29 is 19.1 Å². The van der Waals surface area contributed by atoms with Crippen LogP contribution in [0.15, 0.2) is 29.4 Å². The van der Waals surface area contributed by atoms with Crippen molar-refractivity contribution in [3.8, 4) is 5.75 Å². The lowest BCUT2D eigenvalue weighted by atomic mass is 10.2. The average Bonchev–Trinajstić information content (AvgIpc) is 2.54. The van der Waals surface area contributed by atoms with Gasteiger partial charge in [0, 0.05) is 13.7 Å². The second-order valence-electron chi connectivity index (χ2n) is 4.37. The van der Waals surface area contributed by atoms with Crippen molar-refractivity contribution in [3.05, 3.63) is 29.8 Å². The molecule has 0 aromatic heterocycles. The zero-order valence-corrected chi connectivity index (χ0v) is 12.8. The van der Waals surface area contributed by atoms with E-state index >= 15 is 0 Å². The molecule has 22 heavy (non-hydrogen) atoms. The maximum Gasteiger partial charge on any atom is 0.329 e. The van der Waals surface area contributed by atoms with Crippen LogP contribution >= 0.6 is 0 Å². The fourth-order valence-corrected chi connectivity index (χ4v) is 1.43. The topological polar surface area (TPSA) is 89.0 Å². The lowest BCUT2D eigenvalue weighted by Gasteiger charge is -2.04. The minimum Gasteiger partial charge on any atom is -0.494 e. The quantitative estimate of drug-likeness (QED) is 0.320. The van der Waals surface area contributed by atoms with E-state index in [1.165, 1.54) is 13.3 Å². The molecule has 1 rings (SSSR count). The number of methoxy groups -OCH3 is 1. The van der Waals surface area contributed by atoms with E-state index in [-0.39, 0.29) is 6.54 Å². The molecule has 0 radical (unpaired) electrons. The first-order chi connectivity index (χ1) is 10.7. The van der Waals surface area contributed by atoms with Crippen molar-refractivity contribution in [2.45, 2.75) is 13.3 Å². The summed E-state index contributed by atoms with van der Waals surface area (Å²) >= 11 is 0. The molecule has 7 nitrogen and oxygen atoms in total. The third kappa shape index (κ3) is 6.85. The highest BCUT2D eigenvalue weighted by Gasteiger charge is 2.10. The predicted molar refractivity (Wildman–Crippen MR) is 82.9 cm³/mol. The van der Waals surface area contributed by atoms with E-state index in [0.717, 1.165) is 17.7 Å². The number of hydrogen-bond donors (Lipinski definition) is 2. The summed E-state index contributed by atoms with van der Waals surface area (Å²) in [7, 11) is 1.51. The van der Waals surface area contributed by atoms with Crippen LogP contribution in [0, 0.1) is 0 Å². The SMILES string of the molecule is CCCOc1ccc(/C=N\NC(=O)C(=O)NCCOC)cc1. The number of benzene rings is 1. The van der Waals surface area contributed by atoms with Crippen molar-refractivity contribution in [2.24, 2.45) is 5.10 Å². The number of rotatable bonds is 8. The summed E-state index contributed by atoms with van der Waals surface area (Å²) in [6, 6.07) is 7.24. The summed E-state index contributed by atoms with van der Waals surface area (Å²) in [5.41, 5.74) is 2.93. The fraction of sp³-hybridized carbons (Fsp3) is 0.400. The number of carbonyl (C=O) groups excluding carboxylic acids is 2. The van der Waals surface area contributed by atoms with Gasteiger partial charge in [-0.3, -0.25) is 9.59 Å². The molecule has 0 aliphatic carbocycles. The first-order valence-corrected chi connectivity index (χ1v) is 7.00. The minimum absolute atomic E-state index is 0.270. The standard InChI is InChI=1S/C15H21N3O4/c1-3-9-22-13-6-4-12(5-7-13)11-17-18-15(20)14(19)16-8-10-21-2/h4-7,11H,3,8-10H2,1-2H3,(H,16,19)(H,18,20)/b17-11-. The summed E-state index contributed by atoms with van der Waals surface area (Å²) in [6.07, 6.45) is 2.39. The molecule has 0 fully saturated rings. The predicted octanol–water partition coefficient (Wildman–Crippen LogP) is 0.688. The van der Waals surface area contributed by atoms with E-state index < -0.39 is 11.8 Å². The molecule has 0 saturated carbocycles. The van der Waals surface area contributed by atoms with Gasteiger partial charge in [-0.1, -0.05) is 6.92 Å². The van der Waals surface area contributed by atoms with Crippen molar-refractivity contribution in [1.29, 1.82) is 0 Å². The van der Waals surface area contributed by atoms with E-state index in [1.807, 2.05) is 19.1 Å². The summed E-state index contributed by atoms with van der Waals surface area (Å²) in [5, 5.41) is 6.12. The van der Waals surface area contributed by atoms with E-state index in [4.69, 9.17) is 9.47 Å². The van der Waals surface area contributed by atoms with Crippen LogP contribution in [0.5, 0.6) is 5.75 Å². The van der Waals surface area contributed by atoms with Gasteiger partial charge in [0.25, 0.3) is 0 Å². The van der Waals surface area contributed by atoms with Crippen LogP contribution < -0.4 is 15.5 Å². The second-order valence-corrected chi connectivity index (χ2v) is 4.37. The Morgan fingerprint density at radius 1 is 1.18 bits per heavy atom. The number of nitrogens with zero attached hydrogens (tertiary/aromatic N) is 1. The highest BCUT2D eigenvalue weighted by molar-refractivity contribution is 6.35. The molecule has 0 aliphatic heterocycles. The molecule has 7 heteroatoms. The smallest absolute Gasteiger partial charge is 0.329 e. The Hall–Kier alpha value is -2.41. The Kier molecular flexibility index (Phi) is 8.29. The van der Waals surface area contributed by atoms with E-state index in [9.17, 15) is 9.59 Å². The van der Waals surface area contributed by atoms with Crippen LogP contribution in [0.2, 0.25) is 0 Å². The maximum atomic E-state index is 11.4. The lowest BCUT2D eigenvalue weighted by Crippen LogP contribution is -2.39. The summed E-state index contributed by atoms with van der Waals surface area (Å²) < 4.78 is 10.2. The molecule has 1 aromatic carbocycles. The normalized spacial score (nSPS) is 10.5. The Morgan fingerprint density at radius 2 is 1.91 bits per heavy atom. The van der Waals surface area contributed by atoms with Gasteiger partial charge in [0.15, 0.2) is 0 Å². The molecular formula is C15H21N3O4. The van der Waals surface area contributed by atoms with Gasteiger partial charge in [-0.05, 0) is 36.2 Å². The first-order valence-electron chi connectivity index (χ1n) is 7.00. The highest BCUT2D eigenvalue weighted by Crippen LogP contribution is 2.11. The molecule has 0 atom stereocenters. The van der Waals surface area contributed by atoms with Crippen LogP contribution in [0.1, 0.15) is 18.9 Å². The zero-order valence-electron chi connectivity index (χ0n) is 12.8. The number of nitrogens with one attached hydrogen (secondary N) is 2. The molecule has 0 saturated heterocycles. The van der Waals surface area contributed by atoms with Gasteiger partial charge in [-0.2, -0.15) is 5.10 Å². The highest BCUT2D eigenvalue weighted by atomic mass is 16.5. The van der Waals surface area contributed by atoms with E-state index in [0.29, 0.717) is 13.2 Å². The maximum absolute atomic E-state index is 11.4. The summed E-state index contributed by atoms with van der Waals surface area (Å²) in [6.45, 7) is 3.32. The van der Waals surface area contributed by atoms with Gasteiger partial charge >= 0.3 is 11.8 Å². The average molecular weight is 307 g/mol.